The SMILES string of the molecule is CC(=O)Oc1ccc(N2C(=O)[C@@H]3[C@@H]4C=C[C@H]([C@@H]5C[C@H]45)[C@@H]3C2=O)cc1. The van der Waals surface area contributed by atoms with Crippen LogP contribution in [-0.2, 0) is 14.4 Å². The molecule has 1 saturated heterocycles. The number of imide groups is 1. The second-order valence-electron chi connectivity index (χ2n) is 7.25. The van der Waals surface area contributed by atoms with Crippen molar-refractivity contribution in [2.45, 2.75) is 13.3 Å². The number of rotatable bonds is 2. The van der Waals surface area contributed by atoms with Crippen LogP contribution in [0, 0.1) is 35.5 Å². The Morgan fingerprint density at radius 1 is 1.00 bits per heavy atom. The number of hydrogen-bond donors (Lipinski definition) is 0. The summed E-state index contributed by atoms with van der Waals surface area (Å²) in [6.07, 6.45) is 5.49. The van der Waals surface area contributed by atoms with Crippen molar-refractivity contribution >= 4 is 23.5 Å². The molecule has 2 saturated carbocycles. The molecule has 1 aliphatic heterocycles. The first kappa shape index (κ1) is 14.0. The van der Waals surface area contributed by atoms with E-state index in [0.717, 1.165) is 6.42 Å². The van der Waals surface area contributed by atoms with E-state index in [0.29, 0.717) is 23.3 Å². The van der Waals surface area contributed by atoms with Gasteiger partial charge in [0, 0.05) is 6.92 Å². The van der Waals surface area contributed by atoms with Crippen LogP contribution in [-0.4, -0.2) is 17.8 Å². The zero-order valence-corrected chi connectivity index (χ0v) is 13.2. The Labute approximate surface area is 139 Å². The molecule has 6 rings (SSSR count). The van der Waals surface area contributed by atoms with E-state index in [2.05, 4.69) is 12.2 Å². The van der Waals surface area contributed by atoms with E-state index >= 15 is 0 Å². The quantitative estimate of drug-likeness (QED) is 0.362. The number of anilines is 1. The summed E-state index contributed by atoms with van der Waals surface area (Å²) in [6.45, 7) is 1.33. The average Bonchev–Trinajstić information content (AvgIpc) is 3.33. The van der Waals surface area contributed by atoms with Crippen LogP contribution in [0.4, 0.5) is 5.69 Å². The van der Waals surface area contributed by atoms with Crippen molar-refractivity contribution in [3.8, 4) is 5.75 Å². The van der Waals surface area contributed by atoms with Gasteiger partial charge in [-0.15, -0.1) is 0 Å². The summed E-state index contributed by atoms with van der Waals surface area (Å²) in [5.74, 6) is 1.14. The molecule has 0 aromatic heterocycles. The number of ether oxygens (including phenoxy) is 1. The Bertz CT molecular complexity index is 760. The lowest BCUT2D eigenvalue weighted by Crippen LogP contribution is -2.40. The van der Waals surface area contributed by atoms with Crippen molar-refractivity contribution in [1.29, 1.82) is 0 Å². The second-order valence-corrected chi connectivity index (χ2v) is 7.25. The topological polar surface area (TPSA) is 63.7 Å². The minimum absolute atomic E-state index is 0.0741. The molecular weight excluding hydrogens is 306 g/mol. The maximum Gasteiger partial charge on any atom is 0.308 e. The van der Waals surface area contributed by atoms with E-state index in [9.17, 15) is 14.4 Å². The van der Waals surface area contributed by atoms with E-state index in [1.807, 2.05) is 0 Å². The smallest absolute Gasteiger partial charge is 0.308 e. The van der Waals surface area contributed by atoms with Crippen LogP contribution in [0.5, 0.6) is 5.75 Å². The minimum atomic E-state index is -0.399. The third-order valence-corrected chi connectivity index (χ3v) is 6.02. The maximum atomic E-state index is 13.0. The largest absolute Gasteiger partial charge is 0.427 e. The molecule has 2 amide bonds. The molecule has 0 unspecified atom stereocenters. The van der Waals surface area contributed by atoms with Gasteiger partial charge in [0.1, 0.15) is 5.75 Å². The molecule has 2 bridgehead atoms. The molecule has 3 fully saturated rings. The normalized spacial score (nSPS) is 38.1. The molecule has 1 aromatic rings. The lowest BCUT2D eigenvalue weighted by atomic mass is 9.63. The fourth-order valence-corrected chi connectivity index (χ4v) is 5.04. The zero-order valence-electron chi connectivity index (χ0n) is 13.2. The minimum Gasteiger partial charge on any atom is -0.427 e. The predicted molar refractivity (Wildman–Crippen MR) is 84.9 cm³/mol. The Morgan fingerprint density at radius 2 is 1.54 bits per heavy atom. The van der Waals surface area contributed by atoms with Gasteiger partial charge in [0.05, 0.1) is 17.5 Å². The Morgan fingerprint density at radius 3 is 2.04 bits per heavy atom. The van der Waals surface area contributed by atoms with E-state index in [1.165, 1.54) is 11.8 Å². The lowest BCUT2D eigenvalue weighted by molar-refractivity contribution is -0.132. The van der Waals surface area contributed by atoms with Gasteiger partial charge in [-0.2, -0.15) is 0 Å². The number of carbonyl (C=O) groups is 3. The van der Waals surface area contributed by atoms with E-state index in [4.69, 9.17) is 4.74 Å². The van der Waals surface area contributed by atoms with Crippen LogP contribution in [0.15, 0.2) is 36.4 Å². The van der Waals surface area contributed by atoms with E-state index < -0.39 is 5.97 Å². The van der Waals surface area contributed by atoms with Gasteiger partial charge in [-0.25, -0.2) is 0 Å². The molecular formula is C19H17NO4. The Hall–Kier alpha value is -2.43. The summed E-state index contributed by atoms with van der Waals surface area (Å²) in [6, 6.07) is 6.57. The highest BCUT2D eigenvalue weighted by Gasteiger charge is 2.67. The molecule has 1 heterocycles. The van der Waals surface area contributed by atoms with E-state index in [1.54, 1.807) is 24.3 Å². The summed E-state index contributed by atoms with van der Waals surface area (Å²) in [4.78, 5) is 38.2. The summed E-state index contributed by atoms with van der Waals surface area (Å²) in [7, 11) is 0. The van der Waals surface area contributed by atoms with Crippen LogP contribution in [0.25, 0.3) is 0 Å². The molecule has 6 atom stereocenters. The number of hydrogen-bond acceptors (Lipinski definition) is 4. The summed E-state index contributed by atoms with van der Waals surface area (Å²) >= 11 is 0. The molecule has 5 heteroatoms. The number of benzene rings is 1. The highest BCUT2D eigenvalue weighted by Crippen LogP contribution is 2.65. The highest BCUT2D eigenvalue weighted by atomic mass is 16.5. The molecule has 0 spiro atoms. The Balaban J connectivity index is 1.47. The molecule has 5 nitrogen and oxygen atoms in total. The van der Waals surface area contributed by atoms with Gasteiger partial charge in [-0.1, -0.05) is 12.2 Å². The van der Waals surface area contributed by atoms with Crippen LogP contribution in [0.3, 0.4) is 0 Å². The van der Waals surface area contributed by atoms with Crippen LogP contribution in [0.1, 0.15) is 13.3 Å². The van der Waals surface area contributed by atoms with Crippen molar-refractivity contribution in [3.05, 3.63) is 36.4 Å². The molecule has 1 aromatic carbocycles. The maximum absolute atomic E-state index is 13.0. The fourth-order valence-electron chi connectivity index (χ4n) is 5.04. The number of esters is 1. The first-order valence-corrected chi connectivity index (χ1v) is 8.41. The molecule has 5 aliphatic rings. The molecule has 122 valence electrons. The Kier molecular flexibility index (Phi) is 2.65. The molecule has 0 radical (unpaired) electrons. The molecule has 4 aliphatic carbocycles. The van der Waals surface area contributed by atoms with Gasteiger partial charge in [-0.05, 0) is 54.4 Å². The lowest BCUT2D eigenvalue weighted by Gasteiger charge is -2.37. The van der Waals surface area contributed by atoms with Crippen molar-refractivity contribution < 1.29 is 19.1 Å². The highest BCUT2D eigenvalue weighted by molar-refractivity contribution is 6.22. The van der Waals surface area contributed by atoms with Gasteiger partial charge in [0.15, 0.2) is 0 Å². The summed E-state index contributed by atoms with van der Waals surface area (Å²) in [5.41, 5.74) is 0.559. The fraction of sp³-hybridized carbons (Fsp3) is 0.421. The summed E-state index contributed by atoms with van der Waals surface area (Å²) in [5, 5.41) is 0. The number of carbonyl (C=O) groups excluding carboxylic acids is 3. The standard InChI is InChI=1S/C19H17NO4/c1-9(21)24-11-4-2-10(3-5-11)20-18(22)16-12-6-7-13(15-8-14(12)15)17(16)19(20)23/h2-7,12-17H,8H2,1H3/t12-,13-,14-,15+,16-,17+/m1/s1. The first-order valence-electron chi connectivity index (χ1n) is 8.41. The van der Waals surface area contributed by atoms with E-state index in [-0.39, 0.29) is 35.5 Å². The van der Waals surface area contributed by atoms with Crippen molar-refractivity contribution in [1.82, 2.24) is 0 Å². The van der Waals surface area contributed by atoms with Gasteiger partial charge in [0.25, 0.3) is 0 Å². The van der Waals surface area contributed by atoms with Crippen LogP contribution in [0.2, 0.25) is 0 Å². The third-order valence-electron chi connectivity index (χ3n) is 6.02. The van der Waals surface area contributed by atoms with Gasteiger partial charge >= 0.3 is 5.97 Å². The van der Waals surface area contributed by atoms with Crippen molar-refractivity contribution in [3.63, 3.8) is 0 Å². The third kappa shape index (κ3) is 1.72. The van der Waals surface area contributed by atoms with Gasteiger partial charge in [-0.3, -0.25) is 19.3 Å². The van der Waals surface area contributed by atoms with Gasteiger partial charge in [0.2, 0.25) is 11.8 Å². The van der Waals surface area contributed by atoms with Crippen LogP contribution >= 0.6 is 0 Å². The van der Waals surface area contributed by atoms with Crippen molar-refractivity contribution in [2.24, 2.45) is 35.5 Å². The first-order chi connectivity index (χ1) is 11.6. The predicted octanol–water partition coefficient (Wildman–Crippen LogP) is 2.17. The number of amides is 2. The summed E-state index contributed by atoms with van der Waals surface area (Å²) < 4.78 is 5.01. The zero-order chi connectivity index (χ0) is 16.6. The van der Waals surface area contributed by atoms with Crippen molar-refractivity contribution in [2.75, 3.05) is 4.90 Å². The van der Waals surface area contributed by atoms with Gasteiger partial charge < -0.3 is 4.74 Å². The van der Waals surface area contributed by atoms with Crippen LogP contribution < -0.4 is 9.64 Å². The monoisotopic (exact) mass is 323 g/mol. The number of nitrogens with zero attached hydrogens (tertiary/aromatic N) is 1. The second kappa shape index (κ2) is 4.56. The number of allylic oxidation sites excluding steroid dienone is 2. The average molecular weight is 323 g/mol. The molecule has 0 N–H and O–H groups in total. The molecule has 24 heavy (non-hydrogen) atoms.